The van der Waals surface area contributed by atoms with Crippen molar-refractivity contribution >= 4 is 29.2 Å². The molecule has 0 aliphatic carbocycles. The summed E-state index contributed by atoms with van der Waals surface area (Å²) in [5.41, 5.74) is 2.49. The van der Waals surface area contributed by atoms with Gasteiger partial charge in [0.2, 0.25) is 0 Å². The fourth-order valence-electron chi connectivity index (χ4n) is 3.14. The van der Waals surface area contributed by atoms with Crippen molar-refractivity contribution in [3.63, 3.8) is 0 Å². The fraction of sp³-hybridized carbons (Fsp3) is 0.192. The Bertz CT molecular complexity index is 1220. The zero-order chi connectivity index (χ0) is 25.4. The first kappa shape index (κ1) is 25.1. The largest absolute Gasteiger partial charge is 0.497 e. The lowest BCUT2D eigenvalue weighted by atomic mass is 10.1. The molecule has 0 fully saturated rings. The Morgan fingerprint density at radius 3 is 2.14 bits per heavy atom. The van der Waals surface area contributed by atoms with Crippen LogP contribution in [0.2, 0.25) is 0 Å². The maximum Gasteiger partial charge on any atom is 0.337 e. The van der Waals surface area contributed by atoms with Gasteiger partial charge in [0, 0.05) is 16.9 Å². The Labute approximate surface area is 203 Å². The van der Waals surface area contributed by atoms with Gasteiger partial charge in [0.25, 0.3) is 11.8 Å². The maximum atomic E-state index is 12.8. The van der Waals surface area contributed by atoms with Crippen LogP contribution >= 0.6 is 0 Å². The molecule has 9 nitrogen and oxygen atoms in total. The SMILES string of the molecule is COC(=O)c1ccc(C)c(NC(=O)c2ccc(OCC(=O)Nc3ccc(OC)cc3)c(OC)c2)c1. The molecule has 0 saturated heterocycles. The highest BCUT2D eigenvalue weighted by molar-refractivity contribution is 6.05. The number of nitrogens with one attached hydrogen (secondary N) is 2. The van der Waals surface area contributed by atoms with E-state index in [4.69, 9.17) is 18.9 Å². The first-order valence-electron chi connectivity index (χ1n) is 10.6. The number of hydrogen-bond acceptors (Lipinski definition) is 7. The number of benzene rings is 3. The van der Waals surface area contributed by atoms with Gasteiger partial charge < -0.3 is 29.6 Å². The van der Waals surface area contributed by atoms with Crippen molar-refractivity contribution in [2.75, 3.05) is 38.6 Å². The van der Waals surface area contributed by atoms with Crippen molar-refractivity contribution in [2.45, 2.75) is 6.92 Å². The third-order valence-corrected chi connectivity index (χ3v) is 5.07. The van der Waals surface area contributed by atoms with Crippen molar-refractivity contribution < 1.29 is 33.3 Å². The highest BCUT2D eigenvalue weighted by atomic mass is 16.5. The van der Waals surface area contributed by atoms with Gasteiger partial charge in [-0.3, -0.25) is 9.59 Å². The Hall–Kier alpha value is -4.53. The maximum absolute atomic E-state index is 12.8. The third kappa shape index (κ3) is 6.50. The van der Waals surface area contributed by atoms with Crippen molar-refractivity contribution in [2.24, 2.45) is 0 Å². The van der Waals surface area contributed by atoms with Gasteiger partial charge in [0.05, 0.1) is 26.9 Å². The van der Waals surface area contributed by atoms with Crippen LogP contribution in [0.15, 0.2) is 60.7 Å². The molecule has 0 aliphatic rings. The van der Waals surface area contributed by atoms with E-state index in [2.05, 4.69) is 10.6 Å². The Balaban J connectivity index is 1.65. The Morgan fingerprint density at radius 2 is 1.49 bits per heavy atom. The number of carbonyl (C=O) groups is 3. The number of carbonyl (C=O) groups excluding carboxylic acids is 3. The van der Waals surface area contributed by atoms with Crippen LogP contribution in [-0.2, 0) is 9.53 Å². The van der Waals surface area contributed by atoms with Gasteiger partial charge in [-0.15, -0.1) is 0 Å². The second kappa shape index (κ2) is 11.6. The fourth-order valence-corrected chi connectivity index (χ4v) is 3.14. The molecule has 0 spiro atoms. The predicted molar refractivity (Wildman–Crippen MR) is 131 cm³/mol. The van der Waals surface area contributed by atoms with E-state index in [1.807, 2.05) is 6.92 Å². The zero-order valence-corrected chi connectivity index (χ0v) is 19.8. The molecule has 0 bridgehead atoms. The van der Waals surface area contributed by atoms with Crippen LogP contribution in [0, 0.1) is 6.92 Å². The molecular formula is C26H26N2O7. The van der Waals surface area contributed by atoms with E-state index in [1.54, 1.807) is 61.7 Å². The normalized spacial score (nSPS) is 10.2. The topological polar surface area (TPSA) is 112 Å². The summed E-state index contributed by atoms with van der Waals surface area (Å²) in [6, 6.07) is 16.4. The summed E-state index contributed by atoms with van der Waals surface area (Å²) < 4.78 is 20.8. The van der Waals surface area contributed by atoms with E-state index in [9.17, 15) is 14.4 Å². The quantitative estimate of drug-likeness (QED) is 0.446. The highest BCUT2D eigenvalue weighted by Crippen LogP contribution is 2.29. The lowest BCUT2D eigenvalue weighted by molar-refractivity contribution is -0.118. The van der Waals surface area contributed by atoms with E-state index >= 15 is 0 Å². The molecule has 0 aliphatic heterocycles. The minimum Gasteiger partial charge on any atom is -0.497 e. The molecule has 0 radical (unpaired) electrons. The van der Waals surface area contributed by atoms with E-state index in [1.165, 1.54) is 20.3 Å². The van der Waals surface area contributed by atoms with Crippen molar-refractivity contribution in [1.29, 1.82) is 0 Å². The van der Waals surface area contributed by atoms with Crippen LogP contribution in [0.4, 0.5) is 11.4 Å². The number of anilines is 2. The number of esters is 1. The average Bonchev–Trinajstić information content (AvgIpc) is 2.88. The smallest absolute Gasteiger partial charge is 0.337 e. The highest BCUT2D eigenvalue weighted by Gasteiger charge is 2.15. The molecule has 3 aromatic rings. The number of rotatable bonds is 9. The average molecular weight is 479 g/mol. The van der Waals surface area contributed by atoms with Crippen molar-refractivity contribution in [3.05, 3.63) is 77.4 Å². The van der Waals surface area contributed by atoms with Crippen LogP contribution in [0.25, 0.3) is 0 Å². The lowest BCUT2D eigenvalue weighted by Crippen LogP contribution is -2.20. The number of hydrogen-bond donors (Lipinski definition) is 2. The van der Waals surface area contributed by atoms with Crippen LogP contribution in [0.5, 0.6) is 17.2 Å². The number of amides is 2. The van der Waals surface area contributed by atoms with E-state index in [-0.39, 0.29) is 18.3 Å². The predicted octanol–water partition coefficient (Wildman–Crippen LogP) is 4.07. The van der Waals surface area contributed by atoms with E-state index < -0.39 is 11.9 Å². The second-order valence-electron chi connectivity index (χ2n) is 7.41. The summed E-state index contributed by atoms with van der Waals surface area (Å²) in [6.07, 6.45) is 0. The van der Waals surface area contributed by atoms with Crippen molar-refractivity contribution in [1.82, 2.24) is 0 Å². The molecule has 0 aromatic heterocycles. The second-order valence-corrected chi connectivity index (χ2v) is 7.41. The van der Waals surface area contributed by atoms with Gasteiger partial charge in [-0.25, -0.2) is 4.79 Å². The van der Waals surface area contributed by atoms with Crippen LogP contribution < -0.4 is 24.8 Å². The van der Waals surface area contributed by atoms with Gasteiger partial charge in [0.15, 0.2) is 18.1 Å². The van der Waals surface area contributed by atoms with E-state index in [0.29, 0.717) is 34.0 Å². The lowest BCUT2D eigenvalue weighted by Gasteiger charge is -2.13. The number of aryl methyl sites for hydroxylation is 1. The van der Waals surface area contributed by atoms with Crippen molar-refractivity contribution in [3.8, 4) is 17.2 Å². The summed E-state index contributed by atoms with van der Waals surface area (Å²) in [7, 11) is 4.29. The number of ether oxygens (including phenoxy) is 4. The molecule has 2 N–H and O–H groups in total. The molecule has 2 amide bonds. The Kier molecular flexibility index (Phi) is 8.29. The first-order chi connectivity index (χ1) is 16.8. The molecule has 3 rings (SSSR count). The molecule has 0 saturated carbocycles. The van der Waals surface area contributed by atoms with Crippen LogP contribution in [-0.4, -0.2) is 45.7 Å². The van der Waals surface area contributed by atoms with E-state index in [0.717, 1.165) is 5.56 Å². The molecular weight excluding hydrogens is 452 g/mol. The van der Waals surface area contributed by atoms with Gasteiger partial charge in [-0.05, 0) is 67.1 Å². The molecule has 182 valence electrons. The third-order valence-electron chi connectivity index (χ3n) is 5.07. The molecule has 0 atom stereocenters. The van der Waals surface area contributed by atoms with Gasteiger partial charge >= 0.3 is 5.97 Å². The molecule has 3 aromatic carbocycles. The minimum absolute atomic E-state index is 0.257. The summed E-state index contributed by atoms with van der Waals surface area (Å²) in [5.74, 6) is 0.00378. The summed E-state index contributed by atoms with van der Waals surface area (Å²) in [6.45, 7) is 1.55. The van der Waals surface area contributed by atoms with Crippen LogP contribution in [0.1, 0.15) is 26.3 Å². The molecule has 0 unspecified atom stereocenters. The van der Waals surface area contributed by atoms with Gasteiger partial charge in [-0.2, -0.15) is 0 Å². The van der Waals surface area contributed by atoms with Gasteiger partial charge in [0.1, 0.15) is 5.75 Å². The van der Waals surface area contributed by atoms with Gasteiger partial charge in [-0.1, -0.05) is 6.07 Å². The molecule has 0 heterocycles. The molecule has 35 heavy (non-hydrogen) atoms. The summed E-state index contributed by atoms with van der Waals surface area (Å²) in [4.78, 5) is 36.8. The zero-order valence-electron chi connectivity index (χ0n) is 19.8. The summed E-state index contributed by atoms with van der Waals surface area (Å²) >= 11 is 0. The monoisotopic (exact) mass is 478 g/mol. The number of methoxy groups -OCH3 is 3. The standard InChI is InChI=1S/C26H26N2O7/c1-16-5-6-18(26(31)34-4)13-21(16)28-25(30)17-7-12-22(23(14-17)33-3)35-15-24(29)27-19-8-10-20(32-2)11-9-19/h5-14H,15H2,1-4H3,(H,27,29)(H,28,30). The minimum atomic E-state index is -0.500. The summed E-state index contributed by atoms with van der Waals surface area (Å²) in [5, 5.41) is 5.51. The Morgan fingerprint density at radius 1 is 0.771 bits per heavy atom. The first-order valence-corrected chi connectivity index (χ1v) is 10.6. The van der Waals surface area contributed by atoms with Crippen LogP contribution in [0.3, 0.4) is 0 Å². The molecule has 9 heteroatoms.